The van der Waals surface area contributed by atoms with Gasteiger partial charge in [0, 0.05) is 16.2 Å². The van der Waals surface area contributed by atoms with Crippen LogP contribution in [0.25, 0.3) is 0 Å². The Kier molecular flexibility index (Phi) is 3.73. The summed E-state index contributed by atoms with van der Waals surface area (Å²) < 4.78 is 0.807. The number of halogens is 1. The molecule has 0 saturated heterocycles. The SMILES string of the molecule is C=CC(C)Nc1ccc(C#N)c(Br)c1. The van der Waals surface area contributed by atoms with Crippen LogP contribution in [0.2, 0.25) is 0 Å². The number of rotatable bonds is 3. The third kappa shape index (κ3) is 2.61. The second-order valence-electron chi connectivity index (χ2n) is 2.98. The molecular weight excluding hydrogens is 240 g/mol. The molecule has 1 aromatic carbocycles. The lowest BCUT2D eigenvalue weighted by Crippen LogP contribution is -2.10. The fourth-order valence-electron chi connectivity index (χ4n) is 1.02. The average molecular weight is 251 g/mol. The second-order valence-corrected chi connectivity index (χ2v) is 3.83. The van der Waals surface area contributed by atoms with E-state index >= 15 is 0 Å². The molecular formula is C11H11BrN2. The fourth-order valence-corrected chi connectivity index (χ4v) is 1.48. The Morgan fingerprint density at radius 2 is 2.36 bits per heavy atom. The minimum atomic E-state index is 0.217. The fraction of sp³-hybridized carbons (Fsp3) is 0.182. The molecule has 2 nitrogen and oxygen atoms in total. The molecule has 1 unspecified atom stereocenters. The number of anilines is 1. The van der Waals surface area contributed by atoms with Crippen molar-refractivity contribution in [2.75, 3.05) is 5.32 Å². The van der Waals surface area contributed by atoms with Gasteiger partial charge < -0.3 is 5.32 Å². The van der Waals surface area contributed by atoms with Crippen molar-refractivity contribution in [1.82, 2.24) is 0 Å². The topological polar surface area (TPSA) is 35.8 Å². The van der Waals surface area contributed by atoms with Crippen molar-refractivity contribution in [1.29, 1.82) is 5.26 Å². The van der Waals surface area contributed by atoms with Crippen LogP contribution < -0.4 is 5.32 Å². The molecule has 0 aromatic heterocycles. The summed E-state index contributed by atoms with van der Waals surface area (Å²) in [5, 5.41) is 11.9. The Hall–Kier alpha value is -1.27. The van der Waals surface area contributed by atoms with Crippen LogP contribution in [0.15, 0.2) is 35.3 Å². The van der Waals surface area contributed by atoms with Gasteiger partial charge >= 0.3 is 0 Å². The van der Waals surface area contributed by atoms with Gasteiger partial charge in [-0.25, -0.2) is 0 Å². The molecule has 0 amide bonds. The molecule has 1 N–H and O–H groups in total. The zero-order chi connectivity index (χ0) is 10.6. The summed E-state index contributed by atoms with van der Waals surface area (Å²) in [5.41, 5.74) is 1.62. The highest BCUT2D eigenvalue weighted by Gasteiger charge is 2.01. The Morgan fingerprint density at radius 1 is 1.64 bits per heavy atom. The minimum absolute atomic E-state index is 0.217. The van der Waals surface area contributed by atoms with Crippen molar-refractivity contribution in [3.05, 3.63) is 40.9 Å². The zero-order valence-corrected chi connectivity index (χ0v) is 9.51. The van der Waals surface area contributed by atoms with Crippen LogP contribution in [0.4, 0.5) is 5.69 Å². The maximum atomic E-state index is 8.72. The molecule has 0 fully saturated rings. The molecule has 72 valence electrons. The van der Waals surface area contributed by atoms with Gasteiger partial charge in [-0.05, 0) is 41.1 Å². The zero-order valence-electron chi connectivity index (χ0n) is 7.92. The van der Waals surface area contributed by atoms with Crippen LogP contribution in [0.1, 0.15) is 12.5 Å². The van der Waals surface area contributed by atoms with Gasteiger partial charge in [0.1, 0.15) is 6.07 Å². The summed E-state index contributed by atoms with van der Waals surface area (Å²) in [6.07, 6.45) is 1.83. The predicted molar refractivity (Wildman–Crippen MR) is 62.1 cm³/mol. The molecule has 0 bridgehead atoms. The van der Waals surface area contributed by atoms with Gasteiger partial charge in [-0.3, -0.25) is 0 Å². The van der Waals surface area contributed by atoms with E-state index in [1.54, 1.807) is 6.07 Å². The number of nitrogens with one attached hydrogen (secondary N) is 1. The lowest BCUT2D eigenvalue weighted by atomic mass is 10.2. The van der Waals surface area contributed by atoms with E-state index in [4.69, 9.17) is 5.26 Å². The third-order valence-corrected chi connectivity index (χ3v) is 2.49. The van der Waals surface area contributed by atoms with Crippen LogP contribution in [0.3, 0.4) is 0 Å². The molecule has 0 spiro atoms. The largest absolute Gasteiger partial charge is 0.379 e. The molecule has 0 heterocycles. The van der Waals surface area contributed by atoms with E-state index in [1.807, 2.05) is 25.1 Å². The maximum Gasteiger partial charge on any atom is 0.100 e. The monoisotopic (exact) mass is 250 g/mol. The van der Waals surface area contributed by atoms with Crippen molar-refractivity contribution in [2.24, 2.45) is 0 Å². The maximum absolute atomic E-state index is 8.72. The van der Waals surface area contributed by atoms with Crippen LogP contribution in [0, 0.1) is 11.3 Å². The highest BCUT2D eigenvalue weighted by molar-refractivity contribution is 9.10. The smallest absolute Gasteiger partial charge is 0.100 e. The van der Waals surface area contributed by atoms with Crippen molar-refractivity contribution in [2.45, 2.75) is 13.0 Å². The van der Waals surface area contributed by atoms with Crippen LogP contribution >= 0.6 is 15.9 Å². The number of hydrogen-bond donors (Lipinski definition) is 1. The highest BCUT2D eigenvalue weighted by atomic mass is 79.9. The van der Waals surface area contributed by atoms with Crippen molar-refractivity contribution >= 4 is 21.6 Å². The predicted octanol–water partition coefficient (Wildman–Crippen LogP) is 3.31. The van der Waals surface area contributed by atoms with Crippen LogP contribution in [-0.4, -0.2) is 6.04 Å². The van der Waals surface area contributed by atoms with Gasteiger partial charge in [-0.15, -0.1) is 6.58 Å². The van der Waals surface area contributed by atoms with Crippen molar-refractivity contribution < 1.29 is 0 Å². The first kappa shape index (κ1) is 10.8. The minimum Gasteiger partial charge on any atom is -0.379 e. The average Bonchev–Trinajstić information content (AvgIpc) is 2.18. The van der Waals surface area contributed by atoms with Gasteiger partial charge in [0.05, 0.1) is 5.56 Å². The Labute approximate surface area is 92.4 Å². The summed E-state index contributed by atoms with van der Waals surface area (Å²) in [6, 6.07) is 7.86. The van der Waals surface area contributed by atoms with E-state index in [0.717, 1.165) is 10.2 Å². The van der Waals surface area contributed by atoms with E-state index < -0.39 is 0 Å². The quantitative estimate of drug-likeness (QED) is 0.836. The summed E-state index contributed by atoms with van der Waals surface area (Å²) in [4.78, 5) is 0. The molecule has 0 aliphatic carbocycles. The molecule has 3 heteroatoms. The van der Waals surface area contributed by atoms with Gasteiger partial charge in [0.2, 0.25) is 0 Å². The third-order valence-electron chi connectivity index (χ3n) is 1.84. The standard InChI is InChI=1S/C11H11BrN2/c1-3-8(2)14-10-5-4-9(7-13)11(12)6-10/h3-6,8,14H,1H2,2H3. The van der Waals surface area contributed by atoms with E-state index in [1.165, 1.54) is 0 Å². The van der Waals surface area contributed by atoms with E-state index in [0.29, 0.717) is 5.56 Å². The van der Waals surface area contributed by atoms with E-state index in [2.05, 4.69) is 33.9 Å². The van der Waals surface area contributed by atoms with Crippen molar-refractivity contribution in [3.8, 4) is 6.07 Å². The Bertz CT molecular complexity index is 379. The summed E-state index contributed by atoms with van der Waals surface area (Å²) in [7, 11) is 0. The molecule has 0 radical (unpaired) electrons. The lowest BCUT2D eigenvalue weighted by molar-refractivity contribution is 1.00. The lowest BCUT2D eigenvalue weighted by Gasteiger charge is -2.11. The second kappa shape index (κ2) is 4.83. The Morgan fingerprint density at radius 3 is 2.86 bits per heavy atom. The van der Waals surface area contributed by atoms with Gasteiger partial charge in [-0.2, -0.15) is 5.26 Å². The normalized spacial score (nSPS) is 11.5. The summed E-state index contributed by atoms with van der Waals surface area (Å²) in [6.45, 7) is 5.70. The number of hydrogen-bond acceptors (Lipinski definition) is 2. The van der Waals surface area contributed by atoms with Crippen LogP contribution in [0.5, 0.6) is 0 Å². The number of nitriles is 1. The molecule has 14 heavy (non-hydrogen) atoms. The molecule has 1 rings (SSSR count). The summed E-state index contributed by atoms with van der Waals surface area (Å²) in [5.74, 6) is 0. The molecule has 0 aliphatic rings. The molecule has 0 aliphatic heterocycles. The van der Waals surface area contributed by atoms with E-state index in [9.17, 15) is 0 Å². The van der Waals surface area contributed by atoms with Crippen molar-refractivity contribution in [3.63, 3.8) is 0 Å². The molecule has 0 saturated carbocycles. The first-order valence-electron chi connectivity index (χ1n) is 4.26. The first-order valence-corrected chi connectivity index (χ1v) is 5.05. The van der Waals surface area contributed by atoms with Gasteiger partial charge in [-0.1, -0.05) is 6.08 Å². The number of benzene rings is 1. The highest BCUT2D eigenvalue weighted by Crippen LogP contribution is 2.21. The van der Waals surface area contributed by atoms with E-state index in [-0.39, 0.29) is 6.04 Å². The number of nitrogens with zero attached hydrogens (tertiary/aromatic N) is 1. The molecule has 1 aromatic rings. The van der Waals surface area contributed by atoms with Gasteiger partial charge in [0.25, 0.3) is 0 Å². The summed E-state index contributed by atoms with van der Waals surface area (Å²) >= 11 is 3.33. The first-order chi connectivity index (χ1) is 6.67. The van der Waals surface area contributed by atoms with Crippen LogP contribution in [-0.2, 0) is 0 Å². The molecule has 1 atom stereocenters. The van der Waals surface area contributed by atoms with Gasteiger partial charge in [0.15, 0.2) is 0 Å². The Balaban J connectivity index is 2.87.